The maximum absolute atomic E-state index is 10.5. The van der Waals surface area contributed by atoms with E-state index in [0.29, 0.717) is 6.61 Å². The molecule has 2 rings (SSSR count). The Balaban J connectivity index is 2.37. The van der Waals surface area contributed by atoms with Gasteiger partial charge in [-0.05, 0) is 37.1 Å². The van der Waals surface area contributed by atoms with Crippen LogP contribution in [0.15, 0.2) is 46.9 Å². The van der Waals surface area contributed by atoms with Gasteiger partial charge in [0.2, 0.25) is 0 Å². The van der Waals surface area contributed by atoms with Crippen LogP contribution in [0.25, 0.3) is 0 Å². The number of hydrogen-bond donors (Lipinski definition) is 1. The fraction of sp³-hybridized carbons (Fsp3) is 0.250. The van der Waals surface area contributed by atoms with Gasteiger partial charge in [-0.15, -0.1) is 0 Å². The first-order valence-corrected chi connectivity index (χ1v) is 7.08. The first-order valence-electron chi connectivity index (χ1n) is 6.29. The quantitative estimate of drug-likeness (QED) is 0.913. The highest BCUT2D eigenvalue weighted by Gasteiger charge is 2.15. The third kappa shape index (κ3) is 3.17. The van der Waals surface area contributed by atoms with Crippen LogP contribution in [0.5, 0.6) is 5.75 Å². The fourth-order valence-electron chi connectivity index (χ4n) is 2.01. The molecule has 0 aliphatic heterocycles. The third-order valence-corrected chi connectivity index (χ3v) is 3.90. The van der Waals surface area contributed by atoms with Crippen molar-refractivity contribution in [1.29, 1.82) is 0 Å². The molecule has 19 heavy (non-hydrogen) atoms. The summed E-state index contributed by atoms with van der Waals surface area (Å²) in [5, 5.41) is 10.5. The zero-order valence-electron chi connectivity index (χ0n) is 11.1. The minimum Gasteiger partial charge on any atom is -0.493 e. The smallest absolute Gasteiger partial charge is 0.125 e. The molecule has 0 amide bonds. The van der Waals surface area contributed by atoms with Crippen molar-refractivity contribution in [2.45, 2.75) is 20.0 Å². The summed E-state index contributed by atoms with van der Waals surface area (Å²) >= 11 is 3.47. The molecule has 0 bridgehead atoms. The number of rotatable bonds is 4. The van der Waals surface area contributed by atoms with E-state index >= 15 is 0 Å². The van der Waals surface area contributed by atoms with Crippen LogP contribution in [0.3, 0.4) is 0 Å². The van der Waals surface area contributed by atoms with E-state index < -0.39 is 6.10 Å². The Hall–Kier alpha value is -1.32. The highest BCUT2D eigenvalue weighted by molar-refractivity contribution is 9.10. The molecule has 0 spiro atoms. The lowest BCUT2D eigenvalue weighted by atomic mass is 9.99. The maximum atomic E-state index is 10.5. The van der Waals surface area contributed by atoms with Crippen molar-refractivity contribution < 1.29 is 9.84 Å². The van der Waals surface area contributed by atoms with Crippen LogP contribution in [0.4, 0.5) is 0 Å². The Bertz CT molecular complexity index is 566. The zero-order chi connectivity index (χ0) is 13.8. The minimum atomic E-state index is -0.672. The Morgan fingerprint density at radius 2 is 1.95 bits per heavy atom. The van der Waals surface area contributed by atoms with E-state index in [1.807, 2.05) is 56.3 Å². The van der Waals surface area contributed by atoms with Gasteiger partial charge in [-0.2, -0.15) is 0 Å². The number of hydrogen-bond acceptors (Lipinski definition) is 2. The summed E-state index contributed by atoms with van der Waals surface area (Å²) in [7, 11) is 0. The molecule has 0 aliphatic rings. The molecular weight excluding hydrogens is 304 g/mol. The van der Waals surface area contributed by atoms with Crippen LogP contribution in [-0.2, 0) is 0 Å². The summed E-state index contributed by atoms with van der Waals surface area (Å²) in [6, 6.07) is 13.5. The second kappa shape index (κ2) is 6.22. The summed E-state index contributed by atoms with van der Waals surface area (Å²) in [5.41, 5.74) is 2.77. The molecule has 2 aromatic rings. The lowest BCUT2D eigenvalue weighted by Gasteiger charge is -2.16. The summed E-state index contributed by atoms with van der Waals surface area (Å²) in [6.45, 7) is 4.53. The van der Waals surface area contributed by atoms with Gasteiger partial charge in [-0.25, -0.2) is 0 Å². The SMILES string of the molecule is CCOc1ccccc1C(O)c1ccc(Br)c(C)c1. The van der Waals surface area contributed by atoms with Crippen molar-refractivity contribution >= 4 is 15.9 Å². The molecule has 1 N–H and O–H groups in total. The monoisotopic (exact) mass is 320 g/mol. The molecule has 0 aliphatic carbocycles. The number of benzene rings is 2. The molecule has 0 saturated heterocycles. The Labute approximate surface area is 122 Å². The number of halogens is 1. The topological polar surface area (TPSA) is 29.5 Å². The molecule has 1 atom stereocenters. The molecule has 1 unspecified atom stereocenters. The molecule has 0 fully saturated rings. The van der Waals surface area contributed by atoms with Gasteiger partial charge in [-0.3, -0.25) is 0 Å². The van der Waals surface area contributed by atoms with Gasteiger partial charge in [0.1, 0.15) is 11.9 Å². The predicted molar refractivity (Wildman–Crippen MR) is 80.6 cm³/mol. The van der Waals surface area contributed by atoms with E-state index in [2.05, 4.69) is 15.9 Å². The fourth-order valence-corrected chi connectivity index (χ4v) is 2.26. The van der Waals surface area contributed by atoms with Crippen molar-refractivity contribution in [3.8, 4) is 5.75 Å². The number of aliphatic hydroxyl groups excluding tert-OH is 1. The largest absolute Gasteiger partial charge is 0.493 e. The van der Waals surface area contributed by atoms with Gasteiger partial charge in [0, 0.05) is 10.0 Å². The number of aryl methyl sites for hydroxylation is 1. The van der Waals surface area contributed by atoms with Crippen molar-refractivity contribution in [2.75, 3.05) is 6.61 Å². The predicted octanol–water partition coefficient (Wildman–Crippen LogP) is 4.24. The Kier molecular flexibility index (Phi) is 4.61. The molecular formula is C16H17BrO2. The molecule has 0 aromatic heterocycles. The average molecular weight is 321 g/mol. The highest BCUT2D eigenvalue weighted by atomic mass is 79.9. The molecule has 2 nitrogen and oxygen atoms in total. The summed E-state index contributed by atoms with van der Waals surface area (Å²) in [5.74, 6) is 0.734. The average Bonchev–Trinajstić information content (AvgIpc) is 2.42. The van der Waals surface area contributed by atoms with Crippen molar-refractivity contribution in [3.05, 3.63) is 63.6 Å². The normalized spacial score (nSPS) is 12.2. The van der Waals surface area contributed by atoms with Crippen LogP contribution >= 0.6 is 15.9 Å². The molecule has 3 heteroatoms. The van der Waals surface area contributed by atoms with E-state index in [4.69, 9.17) is 4.74 Å². The lowest BCUT2D eigenvalue weighted by molar-refractivity contribution is 0.212. The van der Waals surface area contributed by atoms with Gasteiger partial charge in [0.05, 0.1) is 6.61 Å². The van der Waals surface area contributed by atoms with Gasteiger partial charge < -0.3 is 9.84 Å². The lowest BCUT2D eigenvalue weighted by Crippen LogP contribution is -2.04. The third-order valence-electron chi connectivity index (χ3n) is 3.01. The van der Waals surface area contributed by atoms with Crippen LogP contribution in [0.2, 0.25) is 0 Å². The standard InChI is InChI=1S/C16H17BrO2/c1-3-19-15-7-5-4-6-13(15)16(18)12-8-9-14(17)11(2)10-12/h4-10,16,18H,3H2,1-2H3. The number of ether oxygens (including phenoxy) is 1. The van der Waals surface area contributed by atoms with E-state index in [-0.39, 0.29) is 0 Å². The van der Waals surface area contributed by atoms with E-state index in [1.165, 1.54) is 0 Å². The summed E-state index contributed by atoms with van der Waals surface area (Å²) in [6.07, 6.45) is -0.672. The minimum absolute atomic E-state index is 0.586. The summed E-state index contributed by atoms with van der Waals surface area (Å²) in [4.78, 5) is 0. The van der Waals surface area contributed by atoms with Gasteiger partial charge in [0.25, 0.3) is 0 Å². The highest BCUT2D eigenvalue weighted by Crippen LogP contribution is 2.31. The van der Waals surface area contributed by atoms with Crippen molar-refractivity contribution in [2.24, 2.45) is 0 Å². The summed E-state index contributed by atoms with van der Waals surface area (Å²) < 4.78 is 6.61. The van der Waals surface area contributed by atoms with E-state index in [0.717, 1.165) is 26.9 Å². The molecule has 2 aromatic carbocycles. The van der Waals surface area contributed by atoms with Crippen LogP contribution in [-0.4, -0.2) is 11.7 Å². The van der Waals surface area contributed by atoms with E-state index in [9.17, 15) is 5.11 Å². The molecule has 0 heterocycles. The van der Waals surface area contributed by atoms with Crippen molar-refractivity contribution in [1.82, 2.24) is 0 Å². The van der Waals surface area contributed by atoms with Gasteiger partial charge in [-0.1, -0.05) is 46.3 Å². The first-order chi connectivity index (χ1) is 9.13. The maximum Gasteiger partial charge on any atom is 0.125 e. The zero-order valence-corrected chi connectivity index (χ0v) is 12.6. The Morgan fingerprint density at radius 1 is 1.21 bits per heavy atom. The second-order valence-electron chi connectivity index (χ2n) is 4.38. The molecule has 0 radical (unpaired) electrons. The number of para-hydroxylation sites is 1. The van der Waals surface area contributed by atoms with Crippen LogP contribution in [0.1, 0.15) is 29.7 Å². The van der Waals surface area contributed by atoms with Gasteiger partial charge in [0.15, 0.2) is 0 Å². The number of aliphatic hydroxyl groups is 1. The van der Waals surface area contributed by atoms with Crippen LogP contribution < -0.4 is 4.74 Å². The van der Waals surface area contributed by atoms with Crippen LogP contribution in [0, 0.1) is 6.92 Å². The van der Waals surface area contributed by atoms with Crippen molar-refractivity contribution in [3.63, 3.8) is 0 Å². The second-order valence-corrected chi connectivity index (χ2v) is 5.24. The Morgan fingerprint density at radius 3 is 2.63 bits per heavy atom. The molecule has 100 valence electrons. The molecule has 0 saturated carbocycles. The van der Waals surface area contributed by atoms with Gasteiger partial charge >= 0.3 is 0 Å². The first kappa shape index (κ1) is 14.1. The van der Waals surface area contributed by atoms with E-state index in [1.54, 1.807) is 0 Å².